The fourth-order valence-electron chi connectivity index (χ4n) is 0.272. The third-order valence-electron chi connectivity index (χ3n) is 0.749. The Bertz CT molecular complexity index is 45.3. The van der Waals surface area contributed by atoms with Gasteiger partial charge < -0.3 is 4.74 Å². The van der Waals surface area contributed by atoms with Gasteiger partial charge in [-0.3, -0.25) is 0 Å². The van der Waals surface area contributed by atoms with Gasteiger partial charge in [0.05, 0.1) is 0 Å². The van der Waals surface area contributed by atoms with Crippen molar-refractivity contribution in [1.82, 2.24) is 0 Å². The van der Waals surface area contributed by atoms with Gasteiger partial charge in [-0.15, -0.1) is 0 Å². The maximum absolute atomic E-state index is 5.00. The molecule has 0 aromatic heterocycles. The quantitative estimate of drug-likeness (QED) is 0.504. The molecule has 7 heavy (non-hydrogen) atoms. The Morgan fingerprint density at radius 1 is 1.43 bits per heavy atom. The standard InChI is InChI=1S/C5H11IO/c1-4(2)5(6)7-3/h4-5H,1-3H3. The van der Waals surface area contributed by atoms with Gasteiger partial charge in [0.25, 0.3) is 0 Å². The van der Waals surface area contributed by atoms with Crippen LogP contribution in [0.2, 0.25) is 0 Å². The lowest BCUT2D eigenvalue weighted by Gasteiger charge is -2.09. The van der Waals surface area contributed by atoms with Crippen LogP contribution < -0.4 is 0 Å². The van der Waals surface area contributed by atoms with E-state index in [0.717, 1.165) is 0 Å². The number of rotatable bonds is 2. The maximum Gasteiger partial charge on any atom is 0.110 e. The molecular formula is C5H11IO. The van der Waals surface area contributed by atoms with Crippen molar-refractivity contribution in [3.63, 3.8) is 0 Å². The molecule has 0 aromatic rings. The van der Waals surface area contributed by atoms with Gasteiger partial charge in [-0.25, -0.2) is 0 Å². The summed E-state index contributed by atoms with van der Waals surface area (Å²) < 4.78 is 5.37. The second-order valence-electron chi connectivity index (χ2n) is 1.83. The Morgan fingerprint density at radius 3 is 1.86 bits per heavy atom. The number of alkyl halides is 1. The minimum atomic E-state index is 0.373. The smallest absolute Gasteiger partial charge is 0.110 e. The van der Waals surface area contributed by atoms with E-state index in [4.69, 9.17) is 4.74 Å². The average Bonchev–Trinajstić information content (AvgIpc) is 1.65. The van der Waals surface area contributed by atoms with Crippen LogP contribution in [-0.4, -0.2) is 11.2 Å². The summed E-state index contributed by atoms with van der Waals surface area (Å²) in [6.45, 7) is 4.28. The summed E-state index contributed by atoms with van der Waals surface area (Å²) in [6.07, 6.45) is 0. The minimum absolute atomic E-state index is 0.373. The van der Waals surface area contributed by atoms with E-state index in [-0.39, 0.29) is 0 Å². The molecule has 0 radical (unpaired) electrons. The molecule has 0 spiro atoms. The van der Waals surface area contributed by atoms with Gasteiger partial charge in [0, 0.05) is 7.11 Å². The molecule has 1 unspecified atom stereocenters. The predicted octanol–water partition coefficient (Wildman–Crippen LogP) is 2.05. The first kappa shape index (κ1) is 7.69. The first-order chi connectivity index (χ1) is 3.18. The molecule has 0 rings (SSSR count). The Kier molecular flexibility index (Phi) is 4.02. The van der Waals surface area contributed by atoms with Crippen LogP contribution in [0.3, 0.4) is 0 Å². The Labute approximate surface area is 58.6 Å². The van der Waals surface area contributed by atoms with Crippen molar-refractivity contribution >= 4 is 22.6 Å². The fourth-order valence-corrected chi connectivity index (χ4v) is 0.272. The molecule has 0 aliphatic rings. The number of methoxy groups -OCH3 is 1. The van der Waals surface area contributed by atoms with E-state index in [9.17, 15) is 0 Å². The van der Waals surface area contributed by atoms with E-state index < -0.39 is 0 Å². The van der Waals surface area contributed by atoms with E-state index in [1.165, 1.54) is 0 Å². The van der Waals surface area contributed by atoms with Crippen molar-refractivity contribution in [2.24, 2.45) is 5.92 Å². The van der Waals surface area contributed by atoms with Crippen LogP contribution in [0.15, 0.2) is 0 Å². The first-order valence-electron chi connectivity index (χ1n) is 2.35. The van der Waals surface area contributed by atoms with Crippen molar-refractivity contribution in [3.8, 4) is 0 Å². The molecule has 0 heterocycles. The fraction of sp³-hybridized carbons (Fsp3) is 1.00. The molecule has 0 N–H and O–H groups in total. The highest BCUT2D eigenvalue weighted by Crippen LogP contribution is 2.11. The SMILES string of the molecule is COC(I)C(C)C. The van der Waals surface area contributed by atoms with Crippen LogP contribution >= 0.6 is 22.6 Å². The van der Waals surface area contributed by atoms with Gasteiger partial charge >= 0.3 is 0 Å². The zero-order valence-corrected chi connectivity index (χ0v) is 7.10. The van der Waals surface area contributed by atoms with Gasteiger partial charge in [0.2, 0.25) is 0 Å². The van der Waals surface area contributed by atoms with E-state index in [0.29, 0.717) is 10.0 Å². The summed E-state index contributed by atoms with van der Waals surface area (Å²) in [5.41, 5.74) is 0. The van der Waals surface area contributed by atoms with Crippen LogP contribution in [0.1, 0.15) is 13.8 Å². The monoisotopic (exact) mass is 214 g/mol. The van der Waals surface area contributed by atoms with Crippen molar-refractivity contribution in [3.05, 3.63) is 0 Å². The first-order valence-corrected chi connectivity index (χ1v) is 3.60. The lowest BCUT2D eigenvalue weighted by molar-refractivity contribution is 0.150. The summed E-state index contributed by atoms with van der Waals surface area (Å²) in [4.78, 5) is 0. The zero-order valence-electron chi connectivity index (χ0n) is 4.94. The van der Waals surface area contributed by atoms with E-state index in [1.54, 1.807) is 7.11 Å². The molecule has 0 saturated heterocycles. The molecule has 0 amide bonds. The summed E-state index contributed by atoms with van der Waals surface area (Å²) in [5.74, 6) is 0.630. The molecule has 0 aromatic carbocycles. The Balaban J connectivity index is 3.14. The van der Waals surface area contributed by atoms with Gasteiger partial charge in [0.1, 0.15) is 4.11 Å². The molecule has 0 aliphatic heterocycles. The van der Waals surface area contributed by atoms with Crippen molar-refractivity contribution in [1.29, 1.82) is 0 Å². The number of halogens is 1. The highest BCUT2D eigenvalue weighted by Gasteiger charge is 2.04. The average molecular weight is 214 g/mol. The zero-order chi connectivity index (χ0) is 5.86. The van der Waals surface area contributed by atoms with Gasteiger partial charge in [-0.05, 0) is 5.92 Å². The number of hydrogen-bond donors (Lipinski definition) is 0. The molecule has 0 aliphatic carbocycles. The summed E-state index contributed by atoms with van der Waals surface area (Å²) in [6, 6.07) is 0. The topological polar surface area (TPSA) is 9.23 Å². The number of hydrogen-bond acceptors (Lipinski definition) is 1. The van der Waals surface area contributed by atoms with Crippen molar-refractivity contribution in [2.45, 2.75) is 18.0 Å². The van der Waals surface area contributed by atoms with Gasteiger partial charge in [-0.1, -0.05) is 36.4 Å². The molecule has 0 bridgehead atoms. The molecule has 2 heteroatoms. The second kappa shape index (κ2) is 3.66. The predicted molar refractivity (Wildman–Crippen MR) is 39.7 cm³/mol. The largest absolute Gasteiger partial charge is 0.371 e. The summed E-state index contributed by atoms with van der Waals surface area (Å²) in [5, 5.41) is 0. The Hall–Kier alpha value is 0.690. The second-order valence-corrected chi connectivity index (χ2v) is 3.06. The number of ether oxygens (including phenoxy) is 1. The van der Waals surface area contributed by atoms with Crippen LogP contribution in [0, 0.1) is 5.92 Å². The molecule has 44 valence electrons. The highest BCUT2D eigenvalue weighted by molar-refractivity contribution is 14.1. The summed E-state index contributed by atoms with van der Waals surface area (Å²) >= 11 is 2.27. The van der Waals surface area contributed by atoms with Crippen molar-refractivity contribution in [2.75, 3.05) is 7.11 Å². The van der Waals surface area contributed by atoms with E-state index in [2.05, 4.69) is 36.4 Å². The molecule has 1 nitrogen and oxygen atoms in total. The maximum atomic E-state index is 5.00. The minimum Gasteiger partial charge on any atom is -0.371 e. The summed E-state index contributed by atoms with van der Waals surface area (Å²) in [7, 11) is 1.73. The highest BCUT2D eigenvalue weighted by atomic mass is 127. The lowest BCUT2D eigenvalue weighted by atomic mass is 10.2. The molecule has 1 atom stereocenters. The van der Waals surface area contributed by atoms with Gasteiger partial charge in [-0.2, -0.15) is 0 Å². The molecule has 0 fully saturated rings. The van der Waals surface area contributed by atoms with Crippen LogP contribution in [0.4, 0.5) is 0 Å². The van der Waals surface area contributed by atoms with E-state index in [1.807, 2.05) is 0 Å². The molecular weight excluding hydrogens is 203 g/mol. The third kappa shape index (κ3) is 3.29. The lowest BCUT2D eigenvalue weighted by Crippen LogP contribution is -2.07. The van der Waals surface area contributed by atoms with E-state index >= 15 is 0 Å². The normalized spacial score (nSPS) is 15.0. The van der Waals surface area contributed by atoms with Crippen LogP contribution in [-0.2, 0) is 4.74 Å². The third-order valence-corrected chi connectivity index (χ3v) is 2.70. The van der Waals surface area contributed by atoms with Crippen LogP contribution in [0.5, 0.6) is 0 Å². The molecule has 0 saturated carbocycles. The van der Waals surface area contributed by atoms with Crippen molar-refractivity contribution < 1.29 is 4.74 Å². The Morgan fingerprint density at radius 2 is 1.86 bits per heavy atom. The van der Waals surface area contributed by atoms with Crippen LogP contribution in [0.25, 0.3) is 0 Å². The van der Waals surface area contributed by atoms with Gasteiger partial charge in [0.15, 0.2) is 0 Å².